The number of nitrogens with zero attached hydrogens (tertiary/aromatic N) is 5. The first-order valence-corrected chi connectivity index (χ1v) is 12.0. The molecule has 0 aliphatic carbocycles. The van der Waals surface area contributed by atoms with Crippen LogP contribution in [0.5, 0.6) is 5.75 Å². The maximum atomic E-state index is 12.7. The van der Waals surface area contributed by atoms with Gasteiger partial charge in [-0.1, -0.05) is 17.4 Å². The maximum absolute atomic E-state index is 12.7. The molecule has 10 nitrogen and oxygen atoms in total. The molecule has 0 radical (unpaired) electrons. The summed E-state index contributed by atoms with van der Waals surface area (Å²) in [5.74, 6) is 0.465. The van der Waals surface area contributed by atoms with E-state index in [2.05, 4.69) is 20.7 Å². The molecule has 0 spiro atoms. The quantitative estimate of drug-likeness (QED) is 0.489. The topological polar surface area (TPSA) is 116 Å². The summed E-state index contributed by atoms with van der Waals surface area (Å²) in [5.41, 5.74) is 2.08. The summed E-state index contributed by atoms with van der Waals surface area (Å²) in [6, 6.07) is 5.38. The Hall–Kier alpha value is -3.60. The van der Waals surface area contributed by atoms with Crippen LogP contribution in [0.4, 0.5) is 21.4 Å². The third-order valence-electron chi connectivity index (χ3n) is 6.07. The molecule has 3 aromatic rings. The lowest BCUT2D eigenvalue weighted by atomic mass is 10.1. The lowest BCUT2D eigenvalue weighted by molar-refractivity contribution is 0.103. The fraction of sp³-hybridized carbons (Fsp3) is 0.391. The number of carbonyl (C=O) groups excluding carboxylic acids is 2. The van der Waals surface area contributed by atoms with Gasteiger partial charge in [-0.25, -0.2) is 9.78 Å². The SMILES string of the molecule is CCN(C)C(=O)N1CC[C@@H](n2ccc(Nc3ncc(C(=O)Nc4c(C)ccc(O)c4C)s3)n2)C1. The van der Waals surface area contributed by atoms with Crippen molar-refractivity contribution in [3.8, 4) is 5.75 Å². The van der Waals surface area contributed by atoms with Crippen LogP contribution in [-0.4, -0.2) is 68.3 Å². The Morgan fingerprint density at radius 3 is 2.85 bits per heavy atom. The maximum Gasteiger partial charge on any atom is 0.319 e. The minimum Gasteiger partial charge on any atom is -0.508 e. The summed E-state index contributed by atoms with van der Waals surface area (Å²) >= 11 is 1.22. The van der Waals surface area contributed by atoms with E-state index in [0.29, 0.717) is 46.7 Å². The summed E-state index contributed by atoms with van der Waals surface area (Å²) in [5, 5.41) is 21.1. The fourth-order valence-corrected chi connectivity index (χ4v) is 4.58. The molecule has 1 aromatic carbocycles. The molecule has 0 saturated carbocycles. The number of phenolic OH excluding ortho intramolecular Hbond substituents is 1. The number of aromatic hydroxyl groups is 1. The highest BCUT2D eigenvalue weighted by Gasteiger charge is 2.29. The van der Waals surface area contributed by atoms with E-state index in [-0.39, 0.29) is 23.7 Å². The number of benzene rings is 1. The Balaban J connectivity index is 1.38. The summed E-state index contributed by atoms with van der Waals surface area (Å²) in [7, 11) is 1.81. The Kier molecular flexibility index (Phi) is 6.73. The largest absolute Gasteiger partial charge is 0.508 e. The van der Waals surface area contributed by atoms with E-state index < -0.39 is 0 Å². The highest BCUT2D eigenvalue weighted by atomic mass is 32.1. The molecule has 0 bridgehead atoms. The zero-order chi connectivity index (χ0) is 24.4. The lowest BCUT2D eigenvalue weighted by Gasteiger charge is -2.23. The van der Waals surface area contributed by atoms with Gasteiger partial charge in [0.2, 0.25) is 0 Å². The molecule has 1 aliphatic rings. The van der Waals surface area contributed by atoms with E-state index in [0.717, 1.165) is 12.0 Å². The van der Waals surface area contributed by atoms with Gasteiger partial charge in [-0.05, 0) is 38.8 Å². The third kappa shape index (κ3) is 4.84. The summed E-state index contributed by atoms with van der Waals surface area (Å²) in [4.78, 5) is 33.4. The minimum atomic E-state index is -0.291. The van der Waals surface area contributed by atoms with Crippen LogP contribution in [0.3, 0.4) is 0 Å². The van der Waals surface area contributed by atoms with Crippen molar-refractivity contribution in [2.75, 3.05) is 37.3 Å². The Morgan fingerprint density at radius 1 is 1.29 bits per heavy atom. The van der Waals surface area contributed by atoms with Gasteiger partial charge in [0, 0.05) is 44.5 Å². The molecule has 11 heteroatoms. The smallest absolute Gasteiger partial charge is 0.319 e. The molecule has 1 atom stereocenters. The molecule has 1 aliphatic heterocycles. The number of urea groups is 1. The molecule has 3 N–H and O–H groups in total. The van der Waals surface area contributed by atoms with Gasteiger partial charge in [-0.3, -0.25) is 9.48 Å². The summed E-state index contributed by atoms with van der Waals surface area (Å²) in [6.45, 7) is 7.60. The average molecular weight is 484 g/mol. The number of carbonyl (C=O) groups is 2. The Morgan fingerprint density at radius 2 is 2.09 bits per heavy atom. The van der Waals surface area contributed by atoms with Crippen molar-refractivity contribution in [3.05, 3.63) is 46.6 Å². The molecule has 2 aromatic heterocycles. The second-order valence-electron chi connectivity index (χ2n) is 8.38. The van der Waals surface area contributed by atoms with Crippen molar-refractivity contribution in [1.82, 2.24) is 24.6 Å². The monoisotopic (exact) mass is 483 g/mol. The first-order chi connectivity index (χ1) is 16.3. The van der Waals surface area contributed by atoms with Crippen LogP contribution in [-0.2, 0) is 0 Å². The molecular weight excluding hydrogens is 454 g/mol. The van der Waals surface area contributed by atoms with Gasteiger partial charge in [0.05, 0.1) is 17.9 Å². The van der Waals surface area contributed by atoms with Gasteiger partial charge in [-0.2, -0.15) is 5.10 Å². The van der Waals surface area contributed by atoms with E-state index in [1.165, 1.54) is 17.5 Å². The van der Waals surface area contributed by atoms with Gasteiger partial charge in [0.1, 0.15) is 10.6 Å². The van der Waals surface area contributed by atoms with Crippen molar-refractivity contribution in [2.24, 2.45) is 0 Å². The molecular formula is C23H29N7O3S. The van der Waals surface area contributed by atoms with Crippen molar-refractivity contribution in [1.29, 1.82) is 0 Å². The number of phenols is 1. The average Bonchev–Trinajstić information content (AvgIpc) is 3.59. The van der Waals surface area contributed by atoms with E-state index in [1.54, 1.807) is 31.0 Å². The number of amides is 3. The van der Waals surface area contributed by atoms with E-state index in [1.807, 2.05) is 35.7 Å². The standard InChI is InChI=1S/C23H29N7O3S/c1-5-28(4)23(33)29-10-8-16(13-29)30-11-9-19(27-30)25-22-24-12-18(34-22)21(32)26-20-14(2)6-7-17(31)15(20)3/h6-7,9,11-12,16,31H,5,8,10,13H2,1-4H3,(H,26,32)(H,24,25,27)/t16-/m1/s1. The molecule has 180 valence electrons. The van der Waals surface area contributed by atoms with Gasteiger partial charge < -0.3 is 25.5 Å². The summed E-state index contributed by atoms with van der Waals surface area (Å²) < 4.78 is 1.87. The normalized spacial score (nSPS) is 15.4. The first kappa shape index (κ1) is 23.6. The zero-order valence-electron chi connectivity index (χ0n) is 19.7. The number of anilines is 3. The molecule has 34 heavy (non-hydrogen) atoms. The highest BCUT2D eigenvalue weighted by Crippen LogP contribution is 2.30. The van der Waals surface area contributed by atoms with E-state index in [9.17, 15) is 14.7 Å². The Bertz CT molecular complexity index is 1210. The first-order valence-electron chi connectivity index (χ1n) is 11.1. The second kappa shape index (κ2) is 9.72. The molecule has 0 unspecified atom stereocenters. The fourth-order valence-electron chi connectivity index (χ4n) is 3.87. The van der Waals surface area contributed by atoms with Crippen LogP contribution in [0, 0.1) is 13.8 Å². The van der Waals surface area contributed by atoms with Crippen molar-refractivity contribution < 1.29 is 14.7 Å². The number of aromatic nitrogens is 3. The molecule has 4 rings (SSSR count). The predicted octanol–water partition coefficient (Wildman–Crippen LogP) is 3.98. The molecule has 1 fully saturated rings. The lowest BCUT2D eigenvalue weighted by Crippen LogP contribution is -2.39. The van der Waals surface area contributed by atoms with Crippen molar-refractivity contribution in [3.63, 3.8) is 0 Å². The van der Waals surface area contributed by atoms with Crippen molar-refractivity contribution >= 4 is 39.9 Å². The van der Waals surface area contributed by atoms with Crippen LogP contribution >= 0.6 is 11.3 Å². The number of rotatable bonds is 6. The van der Waals surface area contributed by atoms with Crippen LogP contribution in [0.15, 0.2) is 30.6 Å². The van der Waals surface area contributed by atoms with Crippen LogP contribution in [0.2, 0.25) is 0 Å². The zero-order valence-corrected chi connectivity index (χ0v) is 20.5. The number of likely N-dealkylation sites (tertiary alicyclic amines) is 1. The van der Waals surface area contributed by atoms with Gasteiger partial charge in [0.15, 0.2) is 10.9 Å². The van der Waals surface area contributed by atoms with Crippen LogP contribution in [0.25, 0.3) is 0 Å². The Labute approximate surface area is 202 Å². The highest BCUT2D eigenvalue weighted by molar-refractivity contribution is 7.17. The molecule has 3 heterocycles. The minimum absolute atomic E-state index is 0.0419. The number of thiazole rings is 1. The second-order valence-corrected chi connectivity index (χ2v) is 9.41. The molecule has 3 amide bonds. The predicted molar refractivity (Wildman–Crippen MR) is 132 cm³/mol. The van der Waals surface area contributed by atoms with Gasteiger partial charge in [-0.15, -0.1) is 0 Å². The number of hydrogen-bond acceptors (Lipinski definition) is 7. The number of aryl methyl sites for hydroxylation is 1. The van der Waals surface area contributed by atoms with Crippen LogP contribution < -0.4 is 10.6 Å². The number of hydrogen-bond donors (Lipinski definition) is 3. The summed E-state index contributed by atoms with van der Waals surface area (Å²) in [6.07, 6.45) is 4.25. The molecule has 1 saturated heterocycles. The van der Waals surface area contributed by atoms with Gasteiger partial charge >= 0.3 is 6.03 Å². The van der Waals surface area contributed by atoms with Crippen LogP contribution in [0.1, 0.15) is 40.2 Å². The van der Waals surface area contributed by atoms with E-state index >= 15 is 0 Å². The van der Waals surface area contributed by atoms with E-state index in [4.69, 9.17) is 0 Å². The van der Waals surface area contributed by atoms with Crippen molar-refractivity contribution in [2.45, 2.75) is 33.2 Å². The van der Waals surface area contributed by atoms with Gasteiger partial charge in [0.25, 0.3) is 5.91 Å². The third-order valence-corrected chi connectivity index (χ3v) is 6.98. The number of nitrogens with one attached hydrogen (secondary N) is 2.